The number of fused-ring (bicyclic) bond motifs is 1. The Balaban J connectivity index is 2.02. The normalized spacial score (nSPS) is 11.5. The van der Waals surface area contributed by atoms with Crippen LogP contribution in [-0.4, -0.2) is 25.5 Å². The van der Waals surface area contributed by atoms with E-state index in [1.807, 2.05) is 26.0 Å². The van der Waals surface area contributed by atoms with Crippen molar-refractivity contribution in [3.8, 4) is 0 Å². The summed E-state index contributed by atoms with van der Waals surface area (Å²) >= 11 is 0. The molecule has 0 fully saturated rings. The number of benzene rings is 1. The lowest BCUT2D eigenvalue weighted by Gasteiger charge is -2.19. The summed E-state index contributed by atoms with van der Waals surface area (Å²) in [5.41, 5.74) is 4.82. The zero-order chi connectivity index (χ0) is 19.0. The van der Waals surface area contributed by atoms with Gasteiger partial charge in [-0.25, -0.2) is 9.50 Å². The van der Waals surface area contributed by atoms with Crippen molar-refractivity contribution in [2.75, 3.05) is 5.32 Å². The third-order valence-corrected chi connectivity index (χ3v) is 4.43. The Kier molecular flexibility index (Phi) is 4.76. The van der Waals surface area contributed by atoms with Gasteiger partial charge >= 0.3 is 0 Å². The smallest absolute Gasteiger partial charge is 0.295 e. The number of hydrogen-bond donors (Lipinski definition) is 1. The number of nitrogens with zero attached hydrogens (tertiary/aromatic N) is 4. The molecule has 6 heteroatoms. The number of nitrogens with one attached hydrogen (secondary N) is 1. The highest BCUT2D eigenvalue weighted by Crippen LogP contribution is 2.32. The highest BCUT2D eigenvalue weighted by Gasteiger charge is 2.20. The average molecular weight is 351 g/mol. The van der Waals surface area contributed by atoms with Crippen LogP contribution in [0, 0.1) is 13.8 Å². The molecule has 3 aromatic rings. The fraction of sp³-hybridized carbons (Fsp3) is 0.400. The molecule has 0 bridgehead atoms. The maximum absolute atomic E-state index is 12.9. The van der Waals surface area contributed by atoms with Gasteiger partial charge in [-0.2, -0.15) is 4.98 Å². The molecule has 0 radical (unpaired) electrons. The molecule has 6 nitrogen and oxygen atoms in total. The van der Waals surface area contributed by atoms with Gasteiger partial charge in [0, 0.05) is 17.1 Å². The number of hydrogen-bond acceptors (Lipinski definition) is 4. The van der Waals surface area contributed by atoms with E-state index in [4.69, 9.17) is 0 Å². The summed E-state index contributed by atoms with van der Waals surface area (Å²) in [4.78, 5) is 21.5. The summed E-state index contributed by atoms with van der Waals surface area (Å²) < 4.78 is 1.60. The first-order valence-electron chi connectivity index (χ1n) is 8.93. The van der Waals surface area contributed by atoms with Crippen molar-refractivity contribution < 1.29 is 4.79 Å². The molecule has 2 heterocycles. The second-order valence-electron chi connectivity index (χ2n) is 7.26. The maximum atomic E-state index is 12.9. The number of amides is 1. The Morgan fingerprint density at radius 3 is 2.23 bits per heavy atom. The Hall–Kier alpha value is -2.76. The van der Waals surface area contributed by atoms with E-state index >= 15 is 0 Å². The van der Waals surface area contributed by atoms with Gasteiger partial charge < -0.3 is 5.32 Å². The first-order valence-corrected chi connectivity index (χ1v) is 8.93. The predicted molar refractivity (Wildman–Crippen MR) is 103 cm³/mol. The molecule has 1 aromatic carbocycles. The van der Waals surface area contributed by atoms with Crippen molar-refractivity contribution >= 4 is 17.4 Å². The largest absolute Gasteiger partial charge is 0.319 e. The van der Waals surface area contributed by atoms with Crippen molar-refractivity contribution in [1.29, 1.82) is 0 Å². The van der Waals surface area contributed by atoms with Gasteiger partial charge in [-0.15, -0.1) is 5.10 Å². The molecule has 0 unspecified atom stereocenters. The van der Waals surface area contributed by atoms with Gasteiger partial charge in [0.1, 0.15) is 0 Å². The van der Waals surface area contributed by atoms with Crippen molar-refractivity contribution in [3.63, 3.8) is 0 Å². The van der Waals surface area contributed by atoms with Gasteiger partial charge in [0.25, 0.3) is 11.7 Å². The molecule has 0 aliphatic rings. The molecular weight excluding hydrogens is 326 g/mol. The minimum absolute atomic E-state index is 0.125. The lowest BCUT2D eigenvalue weighted by atomic mass is 9.92. The van der Waals surface area contributed by atoms with Crippen LogP contribution in [0.25, 0.3) is 5.78 Å². The van der Waals surface area contributed by atoms with E-state index in [-0.39, 0.29) is 11.7 Å². The van der Waals surface area contributed by atoms with Crippen LogP contribution in [-0.2, 0) is 0 Å². The van der Waals surface area contributed by atoms with Crippen LogP contribution < -0.4 is 5.32 Å². The highest BCUT2D eigenvalue weighted by atomic mass is 16.2. The molecule has 0 aliphatic carbocycles. The lowest BCUT2D eigenvalue weighted by molar-refractivity contribution is 0.101. The van der Waals surface area contributed by atoms with Crippen molar-refractivity contribution in [2.24, 2.45) is 0 Å². The molecule has 0 saturated carbocycles. The number of para-hydroxylation sites is 1. The molecule has 3 rings (SSSR count). The molecule has 26 heavy (non-hydrogen) atoms. The molecule has 0 spiro atoms. The minimum Gasteiger partial charge on any atom is -0.319 e. The van der Waals surface area contributed by atoms with E-state index in [1.54, 1.807) is 4.52 Å². The summed E-state index contributed by atoms with van der Waals surface area (Å²) in [7, 11) is 0. The van der Waals surface area contributed by atoms with Gasteiger partial charge in [-0.1, -0.05) is 45.9 Å². The molecule has 1 amide bonds. The maximum Gasteiger partial charge on any atom is 0.295 e. The first kappa shape index (κ1) is 18.0. The van der Waals surface area contributed by atoms with Gasteiger partial charge in [-0.05, 0) is 42.9 Å². The Morgan fingerprint density at radius 2 is 1.65 bits per heavy atom. The second kappa shape index (κ2) is 6.86. The molecule has 0 aliphatic heterocycles. The third-order valence-electron chi connectivity index (χ3n) is 4.43. The molecule has 136 valence electrons. The fourth-order valence-electron chi connectivity index (χ4n) is 3.13. The van der Waals surface area contributed by atoms with Crippen LogP contribution in [0.4, 0.5) is 5.69 Å². The van der Waals surface area contributed by atoms with E-state index in [2.05, 4.69) is 60.2 Å². The van der Waals surface area contributed by atoms with Crippen LogP contribution >= 0.6 is 0 Å². The van der Waals surface area contributed by atoms with E-state index in [0.29, 0.717) is 17.6 Å². The Morgan fingerprint density at radius 1 is 1.04 bits per heavy atom. The first-order chi connectivity index (χ1) is 12.3. The third kappa shape index (κ3) is 3.31. The quantitative estimate of drug-likeness (QED) is 0.763. The summed E-state index contributed by atoms with van der Waals surface area (Å²) in [6.45, 7) is 12.3. The molecule has 2 aromatic heterocycles. The average Bonchev–Trinajstić information content (AvgIpc) is 2.99. The zero-order valence-corrected chi connectivity index (χ0v) is 16.2. The van der Waals surface area contributed by atoms with E-state index in [9.17, 15) is 4.79 Å². The number of aryl methyl sites for hydroxylation is 2. The SMILES string of the molecule is Cc1cc(C)n2nc(C(=O)Nc3c(C(C)C)cccc3C(C)C)nc2n1. The second-order valence-corrected chi connectivity index (χ2v) is 7.26. The Bertz CT molecular complexity index is 945. The summed E-state index contributed by atoms with van der Waals surface area (Å²) in [5.74, 6) is 0.838. The van der Waals surface area contributed by atoms with Crippen LogP contribution in [0.5, 0.6) is 0 Å². The highest BCUT2D eigenvalue weighted by molar-refractivity contribution is 6.02. The molecule has 0 atom stereocenters. The monoisotopic (exact) mass is 351 g/mol. The predicted octanol–water partition coefficient (Wildman–Crippen LogP) is 4.24. The fourth-order valence-corrected chi connectivity index (χ4v) is 3.13. The molecule has 1 N–H and O–H groups in total. The summed E-state index contributed by atoms with van der Waals surface area (Å²) in [6, 6.07) is 8.06. The van der Waals surface area contributed by atoms with Crippen molar-refractivity contribution in [3.05, 3.63) is 52.6 Å². The van der Waals surface area contributed by atoms with Gasteiger partial charge in [0.2, 0.25) is 5.82 Å². The standard InChI is InChI=1S/C20H25N5O/c1-11(2)15-8-7-9-16(12(3)4)17(15)22-19(26)18-23-20-21-13(5)10-14(6)25(20)24-18/h7-12H,1-6H3,(H,22,26). The number of anilines is 1. The van der Waals surface area contributed by atoms with Gasteiger partial charge in [0.05, 0.1) is 0 Å². The van der Waals surface area contributed by atoms with Crippen LogP contribution in [0.15, 0.2) is 24.3 Å². The summed E-state index contributed by atoms with van der Waals surface area (Å²) in [6.07, 6.45) is 0. The number of rotatable bonds is 4. The topological polar surface area (TPSA) is 72.2 Å². The van der Waals surface area contributed by atoms with Crippen LogP contribution in [0.3, 0.4) is 0 Å². The van der Waals surface area contributed by atoms with Crippen LogP contribution in [0.2, 0.25) is 0 Å². The van der Waals surface area contributed by atoms with Crippen molar-refractivity contribution in [1.82, 2.24) is 19.6 Å². The van der Waals surface area contributed by atoms with E-state index in [1.165, 1.54) is 0 Å². The van der Waals surface area contributed by atoms with Gasteiger partial charge in [-0.3, -0.25) is 4.79 Å². The van der Waals surface area contributed by atoms with Crippen LogP contribution in [0.1, 0.15) is 72.7 Å². The van der Waals surface area contributed by atoms with E-state index in [0.717, 1.165) is 28.2 Å². The van der Waals surface area contributed by atoms with Gasteiger partial charge in [0.15, 0.2) is 0 Å². The van der Waals surface area contributed by atoms with Crippen molar-refractivity contribution in [2.45, 2.75) is 53.4 Å². The summed E-state index contributed by atoms with van der Waals surface area (Å²) in [5, 5.41) is 7.38. The Labute approximate surface area is 153 Å². The minimum atomic E-state index is -0.317. The lowest BCUT2D eigenvalue weighted by Crippen LogP contribution is -2.17. The molecular formula is C20H25N5O. The molecule has 0 saturated heterocycles. The zero-order valence-electron chi connectivity index (χ0n) is 16.2. The number of carbonyl (C=O) groups excluding carboxylic acids is 1. The number of carbonyl (C=O) groups is 1. The van der Waals surface area contributed by atoms with E-state index < -0.39 is 0 Å². The number of aromatic nitrogens is 4.